The number of carbonyl (C=O) groups is 1. The van der Waals surface area contributed by atoms with Crippen LogP contribution in [-0.4, -0.2) is 20.9 Å². The van der Waals surface area contributed by atoms with Crippen LogP contribution in [0.15, 0.2) is 48.9 Å². The van der Waals surface area contributed by atoms with Gasteiger partial charge in [0.1, 0.15) is 0 Å². The van der Waals surface area contributed by atoms with Crippen molar-refractivity contribution in [1.82, 2.24) is 9.55 Å². The summed E-state index contributed by atoms with van der Waals surface area (Å²) in [5.74, 6) is 0. The number of rotatable bonds is 2. The van der Waals surface area contributed by atoms with Gasteiger partial charge in [-0.1, -0.05) is 12.2 Å². The van der Waals surface area contributed by atoms with Crippen LogP contribution in [0.1, 0.15) is 11.1 Å². The Morgan fingerprint density at radius 2 is 2.08 bits per heavy atom. The molecule has 0 aliphatic carbocycles. The molecule has 0 unspecified atom stereocenters. The first kappa shape index (κ1) is 16.1. The molecular weight excluding hydrogens is 339 g/mol. The lowest BCUT2D eigenvalue weighted by Gasteiger charge is -2.12. The number of amides is 1. The van der Waals surface area contributed by atoms with E-state index < -0.39 is 17.8 Å². The van der Waals surface area contributed by atoms with E-state index in [4.69, 9.17) is 0 Å². The third kappa shape index (κ3) is 3.00. The second-order valence-electron chi connectivity index (χ2n) is 4.97. The lowest BCUT2D eigenvalue weighted by molar-refractivity contribution is -0.137. The molecule has 1 N–H and O–H groups in total. The third-order valence-corrected chi connectivity index (χ3v) is 3.68. The van der Waals surface area contributed by atoms with Crippen LogP contribution < -0.4 is 5.32 Å². The van der Waals surface area contributed by atoms with E-state index in [1.165, 1.54) is 18.5 Å². The summed E-state index contributed by atoms with van der Waals surface area (Å²) in [7, 11) is 0. The van der Waals surface area contributed by atoms with Crippen molar-refractivity contribution in [2.45, 2.75) is 6.18 Å². The number of nitrogens with one attached hydrogen (secondary N) is 1. The Morgan fingerprint density at radius 1 is 1.29 bits per heavy atom. The van der Waals surface area contributed by atoms with Crippen LogP contribution in [0.25, 0.3) is 10.9 Å². The normalized spacial score (nSPS) is 11.5. The number of fused-ring (bicyclic) bond motifs is 1. The topological polar surface area (TPSA) is 46.9 Å². The summed E-state index contributed by atoms with van der Waals surface area (Å²) in [5.41, 5.74) is -0.394. The van der Waals surface area contributed by atoms with Gasteiger partial charge in [0, 0.05) is 23.1 Å². The molecule has 0 atom stereocenters. The molecule has 0 saturated carbocycles. The van der Waals surface area contributed by atoms with Crippen molar-refractivity contribution in [2.24, 2.45) is 0 Å². The Kier molecular flexibility index (Phi) is 4.06. The number of pyridine rings is 1. The molecule has 0 fully saturated rings. The molecule has 0 saturated heterocycles. The number of carbonyl (C=O) groups excluding carboxylic acids is 1. The molecular formula is C16H10F3N3OS. The lowest BCUT2D eigenvalue weighted by Crippen LogP contribution is -2.19. The molecule has 4 nitrogen and oxygen atoms in total. The Labute approximate surface area is 139 Å². The number of alkyl halides is 3. The van der Waals surface area contributed by atoms with Gasteiger partial charge in [0.15, 0.2) is 0 Å². The molecule has 0 aliphatic heterocycles. The number of aromatic nitrogens is 2. The minimum atomic E-state index is -4.56. The third-order valence-electron chi connectivity index (χ3n) is 3.43. The predicted octanol–water partition coefficient (Wildman–Crippen LogP) is 4.48. The van der Waals surface area contributed by atoms with E-state index in [1.807, 2.05) is 0 Å². The van der Waals surface area contributed by atoms with Crippen LogP contribution >= 0.6 is 12.2 Å². The highest BCUT2D eigenvalue weighted by molar-refractivity contribution is 7.79. The molecule has 24 heavy (non-hydrogen) atoms. The van der Waals surface area contributed by atoms with Crippen molar-refractivity contribution in [3.05, 3.63) is 60.0 Å². The number of thiocarbonyl (C=S) groups is 1. The molecule has 0 aliphatic rings. The zero-order valence-corrected chi connectivity index (χ0v) is 12.9. The Hall–Kier alpha value is -2.74. The Balaban J connectivity index is 2.06. The Bertz CT molecular complexity index is 919. The van der Waals surface area contributed by atoms with Gasteiger partial charge >= 0.3 is 12.2 Å². The minimum Gasteiger partial charge on any atom is -0.306 e. The van der Waals surface area contributed by atoms with E-state index in [0.717, 1.165) is 16.0 Å². The first-order valence-corrected chi connectivity index (χ1v) is 7.26. The van der Waals surface area contributed by atoms with Gasteiger partial charge in [-0.15, -0.1) is 0 Å². The number of hydrogen-bond donors (Lipinski definition) is 1. The second-order valence-corrected chi connectivity index (χ2v) is 5.21. The van der Waals surface area contributed by atoms with Gasteiger partial charge in [0.05, 0.1) is 23.0 Å². The van der Waals surface area contributed by atoms with Gasteiger partial charge in [-0.3, -0.25) is 9.55 Å². The Morgan fingerprint density at radius 3 is 2.71 bits per heavy atom. The maximum atomic E-state index is 13.2. The van der Waals surface area contributed by atoms with Crippen molar-refractivity contribution in [3.63, 3.8) is 0 Å². The molecule has 1 aromatic carbocycles. The van der Waals surface area contributed by atoms with Crippen molar-refractivity contribution in [1.29, 1.82) is 0 Å². The molecule has 0 spiro atoms. The van der Waals surface area contributed by atoms with E-state index >= 15 is 0 Å². The van der Waals surface area contributed by atoms with Crippen LogP contribution in [0.3, 0.4) is 0 Å². The van der Waals surface area contributed by atoms with Gasteiger partial charge in [0.2, 0.25) is 0 Å². The minimum absolute atomic E-state index is 0.101. The summed E-state index contributed by atoms with van der Waals surface area (Å²) in [6, 6.07) is 6.48. The maximum absolute atomic E-state index is 13.2. The fraction of sp³-hybridized carbons (Fsp3) is 0.0625. The summed E-state index contributed by atoms with van der Waals surface area (Å²) in [6.07, 6.45) is -0.171. The predicted molar refractivity (Wildman–Crippen MR) is 88.4 cm³/mol. The van der Waals surface area contributed by atoms with E-state index in [-0.39, 0.29) is 11.1 Å². The second kappa shape index (κ2) is 6.04. The molecule has 1 amide bonds. The first-order valence-electron chi connectivity index (χ1n) is 6.79. The fourth-order valence-corrected chi connectivity index (χ4v) is 2.54. The molecule has 0 bridgehead atoms. The van der Waals surface area contributed by atoms with Gasteiger partial charge in [-0.2, -0.15) is 13.2 Å². The lowest BCUT2D eigenvalue weighted by atomic mass is 10.1. The fourth-order valence-electron chi connectivity index (χ4n) is 2.34. The van der Waals surface area contributed by atoms with Gasteiger partial charge in [-0.25, -0.2) is 4.79 Å². The average Bonchev–Trinajstić information content (AvgIpc) is 2.96. The summed E-state index contributed by atoms with van der Waals surface area (Å²) >= 11 is 4.66. The van der Waals surface area contributed by atoms with Crippen LogP contribution in [-0.2, 0) is 6.18 Å². The van der Waals surface area contributed by atoms with E-state index in [0.29, 0.717) is 11.1 Å². The van der Waals surface area contributed by atoms with Crippen molar-refractivity contribution in [2.75, 3.05) is 5.32 Å². The quantitative estimate of drug-likeness (QED) is 0.694. The van der Waals surface area contributed by atoms with Crippen molar-refractivity contribution >= 4 is 40.2 Å². The van der Waals surface area contributed by atoms with E-state index in [9.17, 15) is 18.0 Å². The van der Waals surface area contributed by atoms with Crippen LogP contribution in [0.2, 0.25) is 0 Å². The highest BCUT2D eigenvalue weighted by atomic mass is 32.1. The number of benzene rings is 1. The number of nitrogens with zero attached hydrogens (tertiary/aromatic N) is 2. The standard InChI is InChI=1S/C16H10F3N3OS/c17-16(18,19)13-7-14-10(6-11(13)9-24)3-5-22(14)15(23)21-12-2-1-4-20-8-12/h1-9H,(H,21,23). The van der Waals surface area contributed by atoms with Gasteiger partial charge < -0.3 is 5.32 Å². The molecule has 3 rings (SSSR count). The summed E-state index contributed by atoms with van der Waals surface area (Å²) in [6.45, 7) is 0. The van der Waals surface area contributed by atoms with Crippen LogP contribution in [0.5, 0.6) is 0 Å². The SMILES string of the molecule is O=C(Nc1cccnc1)n1ccc2cc(C=S)c(C(F)(F)F)cc21. The summed E-state index contributed by atoms with van der Waals surface area (Å²) in [5, 5.41) is 4.04. The molecule has 8 heteroatoms. The van der Waals surface area contributed by atoms with Gasteiger partial charge in [0.25, 0.3) is 0 Å². The molecule has 2 heterocycles. The average molecular weight is 349 g/mol. The number of hydrogen-bond acceptors (Lipinski definition) is 3. The number of halogens is 3. The summed E-state index contributed by atoms with van der Waals surface area (Å²) in [4.78, 5) is 16.2. The molecule has 122 valence electrons. The smallest absolute Gasteiger partial charge is 0.306 e. The monoisotopic (exact) mass is 349 g/mol. The van der Waals surface area contributed by atoms with Crippen LogP contribution in [0, 0.1) is 0 Å². The number of anilines is 1. The van der Waals surface area contributed by atoms with Crippen LogP contribution in [0.4, 0.5) is 23.7 Å². The van der Waals surface area contributed by atoms with Gasteiger partial charge in [-0.05, 0) is 35.9 Å². The zero-order chi connectivity index (χ0) is 17.3. The molecule has 3 aromatic rings. The first-order chi connectivity index (χ1) is 11.4. The largest absolute Gasteiger partial charge is 0.417 e. The van der Waals surface area contributed by atoms with Crippen molar-refractivity contribution < 1.29 is 18.0 Å². The highest BCUT2D eigenvalue weighted by Crippen LogP contribution is 2.34. The van der Waals surface area contributed by atoms with E-state index in [1.54, 1.807) is 24.4 Å². The molecule has 2 aromatic heterocycles. The zero-order valence-electron chi connectivity index (χ0n) is 12.0. The van der Waals surface area contributed by atoms with E-state index in [2.05, 4.69) is 22.5 Å². The highest BCUT2D eigenvalue weighted by Gasteiger charge is 2.33. The summed E-state index contributed by atoms with van der Waals surface area (Å²) < 4.78 is 40.6. The molecule has 0 radical (unpaired) electrons. The maximum Gasteiger partial charge on any atom is 0.417 e. The van der Waals surface area contributed by atoms with Crippen molar-refractivity contribution in [3.8, 4) is 0 Å².